The summed E-state index contributed by atoms with van der Waals surface area (Å²) in [6, 6.07) is 12.2. The van der Waals surface area contributed by atoms with Crippen LogP contribution in [0.3, 0.4) is 0 Å². The summed E-state index contributed by atoms with van der Waals surface area (Å²) in [6.45, 7) is 2.89. The van der Waals surface area contributed by atoms with Gasteiger partial charge in [-0.3, -0.25) is 14.7 Å². The molecule has 2 aromatic rings. The number of halogens is 1. The minimum atomic E-state index is -0.266. The highest BCUT2D eigenvalue weighted by molar-refractivity contribution is 5.78. The lowest BCUT2D eigenvalue weighted by Crippen LogP contribution is -2.53. The van der Waals surface area contributed by atoms with Crippen molar-refractivity contribution in [2.75, 3.05) is 19.7 Å². The van der Waals surface area contributed by atoms with E-state index in [0.717, 1.165) is 30.9 Å². The Balaban J connectivity index is 1.46. The molecule has 0 N–H and O–H groups in total. The number of hydrogen-bond acceptors (Lipinski definition) is 4. The molecule has 2 aliphatic heterocycles. The zero-order valence-corrected chi connectivity index (χ0v) is 13.8. The highest BCUT2D eigenvalue weighted by Crippen LogP contribution is 2.26. The van der Waals surface area contributed by atoms with Crippen LogP contribution >= 0.6 is 0 Å². The van der Waals surface area contributed by atoms with E-state index in [2.05, 4.69) is 9.88 Å². The van der Waals surface area contributed by atoms with Crippen molar-refractivity contribution in [2.45, 2.75) is 25.2 Å². The minimum Gasteiger partial charge on any atom is -0.365 e. The zero-order valence-electron chi connectivity index (χ0n) is 13.8. The first kappa shape index (κ1) is 16.2. The molecule has 130 valence electrons. The quantitative estimate of drug-likeness (QED) is 0.851. The van der Waals surface area contributed by atoms with Gasteiger partial charge in [0.15, 0.2) is 0 Å². The van der Waals surface area contributed by atoms with E-state index >= 15 is 0 Å². The van der Waals surface area contributed by atoms with Crippen LogP contribution in [0.15, 0.2) is 48.7 Å². The average Bonchev–Trinajstić information content (AvgIpc) is 3.03. The number of pyridine rings is 1. The molecular weight excluding hydrogens is 321 g/mol. The third kappa shape index (κ3) is 3.55. The van der Waals surface area contributed by atoms with Crippen LogP contribution in [0.25, 0.3) is 0 Å². The predicted molar refractivity (Wildman–Crippen MR) is 90.0 cm³/mol. The van der Waals surface area contributed by atoms with Gasteiger partial charge < -0.3 is 9.64 Å². The largest absolute Gasteiger partial charge is 0.365 e. The van der Waals surface area contributed by atoms with Crippen LogP contribution in [0.1, 0.15) is 11.3 Å². The van der Waals surface area contributed by atoms with E-state index < -0.39 is 0 Å². The smallest absolute Gasteiger partial charge is 0.249 e. The summed E-state index contributed by atoms with van der Waals surface area (Å²) in [6.07, 6.45) is 1.81. The maximum Gasteiger partial charge on any atom is 0.249 e. The monoisotopic (exact) mass is 341 g/mol. The predicted octanol–water partition coefficient (Wildman–Crippen LogP) is 1.83. The zero-order chi connectivity index (χ0) is 17.2. The van der Waals surface area contributed by atoms with E-state index in [0.29, 0.717) is 6.54 Å². The fourth-order valence-electron chi connectivity index (χ4n) is 3.58. The highest BCUT2D eigenvalue weighted by atomic mass is 19.1. The Bertz CT molecular complexity index is 738. The number of benzene rings is 1. The van der Waals surface area contributed by atoms with Crippen LogP contribution in [-0.2, 0) is 22.6 Å². The topological polar surface area (TPSA) is 45.7 Å². The second kappa shape index (κ2) is 6.90. The number of ether oxygens (including phenoxy) is 1. The van der Waals surface area contributed by atoms with Gasteiger partial charge in [-0.2, -0.15) is 0 Å². The summed E-state index contributed by atoms with van der Waals surface area (Å²) in [5.41, 5.74) is 1.94. The third-order valence-electron chi connectivity index (χ3n) is 4.83. The summed E-state index contributed by atoms with van der Waals surface area (Å²) in [7, 11) is 0. The number of rotatable bonds is 4. The number of aromatic nitrogens is 1. The SMILES string of the molecule is O=C1COC2CN(Cc3ccccn3)CC2N1Cc1ccc(F)cc1. The maximum atomic E-state index is 13.1. The Hall–Kier alpha value is -2.31. The molecule has 2 aliphatic rings. The Labute approximate surface area is 146 Å². The second-order valence-corrected chi connectivity index (χ2v) is 6.58. The van der Waals surface area contributed by atoms with Gasteiger partial charge >= 0.3 is 0 Å². The van der Waals surface area contributed by atoms with Crippen LogP contribution in [0.2, 0.25) is 0 Å². The molecule has 0 bridgehead atoms. The van der Waals surface area contributed by atoms with Crippen LogP contribution in [-0.4, -0.2) is 52.5 Å². The Morgan fingerprint density at radius 2 is 1.96 bits per heavy atom. The van der Waals surface area contributed by atoms with E-state index in [1.54, 1.807) is 18.3 Å². The third-order valence-corrected chi connectivity index (χ3v) is 4.83. The summed E-state index contributed by atoms with van der Waals surface area (Å²) in [5, 5.41) is 0. The van der Waals surface area contributed by atoms with Crippen molar-refractivity contribution in [1.82, 2.24) is 14.8 Å². The molecule has 2 saturated heterocycles. The summed E-state index contributed by atoms with van der Waals surface area (Å²) in [5.74, 6) is -0.275. The van der Waals surface area contributed by atoms with Crippen molar-refractivity contribution in [3.05, 3.63) is 65.7 Å². The number of nitrogens with zero attached hydrogens (tertiary/aromatic N) is 3. The fraction of sp³-hybridized carbons (Fsp3) is 0.368. The lowest BCUT2D eigenvalue weighted by Gasteiger charge is -2.36. The van der Waals surface area contributed by atoms with Gasteiger partial charge in [0.25, 0.3) is 0 Å². The molecule has 4 rings (SSSR count). The van der Waals surface area contributed by atoms with E-state index in [1.165, 1.54) is 12.1 Å². The molecule has 5 nitrogen and oxygen atoms in total. The van der Waals surface area contributed by atoms with E-state index in [-0.39, 0.29) is 30.5 Å². The van der Waals surface area contributed by atoms with Crippen molar-refractivity contribution in [3.8, 4) is 0 Å². The minimum absolute atomic E-state index is 0.00902. The van der Waals surface area contributed by atoms with Crippen LogP contribution < -0.4 is 0 Å². The van der Waals surface area contributed by atoms with Crippen LogP contribution in [0.5, 0.6) is 0 Å². The van der Waals surface area contributed by atoms with Crippen molar-refractivity contribution in [3.63, 3.8) is 0 Å². The number of carbonyl (C=O) groups is 1. The average molecular weight is 341 g/mol. The molecule has 0 radical (unpaired) electrons. The molecule has 1 aromatic heterocycles. The van der Waals surface area contributed by atoms with Crippen LogP contribution in [0, 0.1) is 5.82 Å². The molecule has 2 fully saturated rings. The number of amides is 1. The van der Waals surface area contributed by atoms with Crippen molar-refractivity contribution in [2.24, 2.45) is 0 Å². The number of morpholine rings is 1. The Morgan fingerprint density at radius 3 is 2.72 bits per heavy atom. The van der Waals surface area contributed by atoms with Crippen molar-refractivity contribution < 1.29 is 13.9 Å². The standard InChI is InChI=1S/C19H20FN3O2/c20-15-6-4-14(5-7-15)9-23-17-11-22(10-16-3-1-2-8-21-16)12-18(17)25-13-19(23)24/h1-8,17-18H,9-13H2. The maximum absolute atomic E-state index is 13.1. The van der Waals surface area contributed by atoms with Gasteiger partial charge in [-0.1, -0.05) is 18.2 Å². The van der Waals surface area contributed by atoms with Gasteiger partial charge in [-0.05, 0) is 29.8 Å². The molecule has 3 heterocycles. The van der Waals surface area contributed by atoms with Crippen LogP contribution in [0.4, 0.5) is 4.39 Å². The van der Waals surface area contributed by atoms with E-state index in [1.807, 2.05) is 23.1 Å². The molecule has 1 amide bonds. The Morgan fingerprint density at radius 1 is 1.12 bits per heavy atom. The molecule has 1 aromatic carbocycles. The Kier molecular flexibility index (Phi) is 4.46. The van der Waals surface area contributed by atoms with Gasteiger partial charge in [0.2, 0.25) is 5.91 Å². The first-order valence-corrected chi connectivity index (χ1v) is 8.47. The first-order chi connectivity index (χ1) is 12.2. The molecule has 0 saturated carbocycles. The first-order valence-electron chi connectivity index (χ1n) is 8.47. The van der Waals surface area contributed by atoms with E-state index in [4.69, 9.17) is 4.74 Å². The van der Waals surface area contributed by atoms with E-state index in [9.17, 15) is 9.18 Å². The molecule has 2 unspecified atom stereocenters. The van der Waals surface area contributed by atoms with Gasteiger partial charge in [0.1, 0.15) is 12.4 Å². The summed E-state index contributed by atoms with van der Waals surface area (Å²) in [4.78, 5) is 20.9. The van der Waals surface area contributed by atoms with Gasteiger partial charge in [0.05, 0.1) is 17.8 Å². The number of carbonyl (C=O) groups excluding carboxylic acids is 1. The molecule has 0 spiro atoms. The second-order valence-electron chi connectivity index (χ2n) is 6.58. The lowest BCUT2D eigenvalue weighted by molar-refractivity contribution is -0.153. The highest BCUT2D eigenvalue weighted by Gasteiger charge is 2.43. The molecule has 6 heteroatoms. The molecule has 2 atom stereocenters. The van der Waals surface area contributed by atoms with Crippen molar-refractivity contribution in [1.29, 1.82) is 0 Å². The number of fused-ring (bicyclic) bond motifs is 1. The molecular formula is C19H20FN3O2. The number of hydrogen-bond donors (Lipinski definition) is 0. The van der Waals surface area contributed by atoms with Gasteiger partial charge in [-0.25, -0.2) is 4.39 Å². The number of likely N-dealkylation sites (tertiary alicyclic amines) is 1. The van der Waals surface area contributed by atoms with Crippen molar-refractivity contribution >= 4 is 5.91 Å². The molecule has 0 aliphatic carbocycles. The van der Waals surface area contributed by atoms with Gasteiger partial charge in [-0.15, -0.1) is 0 Å². The molecule has 25 heavy (non-hydrogen) atoms. The fourth-order valence-corrected chi connectivity index (χ4v) is 3.58. The summed E-state index contributed by atoms with van der Waals surface area (Å²) < 4.78 is 18.9. The lowest BCUT2D eigenvalue weighted by atomic mass is 10.1. The van der Waals surface area contributed by atoms with Gasteiger partial charge in [0, 0.05) is 32.4 Å². The normalized spacial score (nSPS) is 23.7. The summed E-state index contributed by atoms with van der Waals surface area (Å²) >= 11 is 0.